The van der Waals surface area contributed by atoms with Crippen LogP contribution in [0.1, 0.15) is 31.2 Å². The highest BCUT2D eigenvalue weighted by Crippen LogP contribution is 2.17. The number of β-amino-alcohol motifs (C(OH)–C–C–N with tert-alkyl or cyclic N) is 1. The third-order valence-corrected chi connectivity index (χ3v) is 6.96. The minimum atomic E-state index is -2.85. The van der Waals surface area contributed by atoms with Crippen molar-refractivity contribution in [1.82, 2.24) is 9.80 Å². The molecule has 0 saturated carbocycles. The van der Waals surface area contributed by atoms with Crippen LogP contribution in [0.4, 0.5) is 0 Å². The minimum Gasteiger partial charge on any atom is -0.491 e. The van der Waals surface area contributed by atoms with Crippen LogP contribution in [-0.4, -0.2) is 80.3 Å². The van der Waals surface area contributed by atoms with Gasteiger partial charge in [-0.2, -0.15) is 0 Å². The number of benzene rings is 1. The summed E-state index contributed by atoms with van der Waals surface area (Å²) in [5, 5.41) is 10.3. The molecule has 2 heterocycles. The van der Waals surface area contributed by atoms with Crippen molar-refractivity contribution in [3.8, 4) is 5.75 Å². The van der Waals surface area contributed by atoms with Gasteiger partial charge in [-0.25, -0.2) is 8.42 Å². The van der Waals surface area contributed by atoms with Crippen LogP contribution < -0.4 is 4.74 Å². The van der Waals surface area contributed by atoms with E-state index in [1.54, 1.807) is 0 Å². The number of ether oxygens (including phenoxy) is 1. The van der Waals surface area contributed by atoms with Crippen LogP contribution in [0.15, 0.2) is 24.3 Å². The van der Waals surface area contributed by atoms with Gasteiger partial charge in [0.15, 0.2) is 9.84 Å². The zero-order valence-electron chi connectivity index (χ0n) is 16.1. The Bertz CT molecular complexity index is 673. The number of hydrogen-bond acceptors (Lipinski definition) is 6. The highest BCUT2D eigenvalue weighted by molar-refractivity contribution is 7.91. The van der Waals surface area contributed by atoms with Gasteiger partial charge in [0.05, 0.1) is 11.5 Å². The third-order valence-electron chi connectivity index (χ3n) is 5.35. The molecule has 7 heteroatoms. The third kappa shape index (κ3) is 7.07. The van der Waals surface area contributed by atoms with E-state index in [1.165, 1.54) is 25.7 Å². The van der Waals surface area contributed by atoms with Gasteiger partial charge in [-0.3, -0.25) is 4.90 Å². The molecule has 2 aliphatic heterocycles. The second-order valence-electron chi connectivity index (χ2n) is 7.76. The summed E-state index contributed by atoms with van der Waals surface area (Å²) in [6.07, 6.45) is 4.53. The fraction of sp³-hybridized carbons (Fsp3) is 0.700. The first-order chi connectivity index (χ1) is 13.0. The Labute approximate surface area is 163 Å². The van der Waals surface area contributed by atoms with E-state index in [-0.39, 0.29) is 11.5 Å². The second-order valence-corrected chi connectivity index (χ2v) is 10.1. The average Bonchev–Trinajstić information content (AvgIpc) is 2.91. The molecule has 3 rings (SSSR count). The molecule has 0 spiro atoms. The second kappa shape index (κ2) is 9.87. The van der Waals surface area contributed by atoms with Gasteiger partial charge < -0.3 is 14.7 Å². The minimum absolute atomic E-state index is 0.242. The van der Waals surface area contributed by atoms with Crippen LogP contribution >= 0.6 is 0 Å². The maximum atomic E-state index is 11.5. The van der Waals surface area contributed by atoms with E-state index < -0.39 is 15.9 Å². The van der Waals surface area contributed by atoms with Crippen molar-refractivity contribution in [2.75, 3.05) is 50.8 Å². The van der Waals surface area contributed by atoms with Crippen LogP contribution in [0.25, 0.3) is 0 Å². The molecular formula is C20H32N2O4S. The molecule has 2 saturated heterocycles. The predicted octanol–water partition coefficient (Wildman–Crippen LogP) is 1.53. The van der Waals surface area contributed by atoms with Crippen LogP contribution in [-0.2, 0) is 16.4 Å². The van der Waals surface area contributed by atoms with Gasteiger partial charge in [0.2, 0.25) is 0 Å². The molecule has 0 amide bonds. The van der Waals surface area contributed by atoms with Crippen molar-refractivity contribution >= 4 is 9.84 Å². The molecule has 0 aromatic heterocycles. The van der Waals surface area contributed by atoms with Gasteiger partial charge >= 0.3 is 0 Å². The summed E-state index contributed by atoms with van der Waals surface area (Å²) in [6, 6.07) is 7.88. The van der Waals surface area contributed by atoms with Gasteiger partial charge in [0.1, 0.15) is 18.5 Å². The summed E-state index contributed by atoms with van der Waals surface area (Å²) < 4.78 is 28.9. The summed E-state index contributed by atoms with van der Waals surface area (Å²) in [4.78, 5) is 4.50. The van der Waals surface area contributed by atoms with Crippen LogP contribution in [0, 0.1) is 0 Å². The standard InChI is InChI=1S/C20H32N2O4S/c23-19(16-21-8-3-1-2-4-9-21)17-26-20-7-5-6-18(14-20)15-22-10-12-27(24,25)13-11-22/h5-7,14,19,23H,1-4,8-13,15-17H2. The summed E-state index contributed by atoms with van der Waals surface area (Å²) in [5.74, 6) is 1.24. The summed E-state index contributed by atoms with van der Waals surface area (Å²) >= 11 is 0. The summed E-state index contributed by atoms with van der Waals surface area (Å²) in [7, 11) is -2.85. The molecule has 1 atom stereocenters. The average molecular weight is 397 g/mol. The molecule has 2 aliphatic rings. The lowest BCUT2D eigenvalue weighted by molar-refractivity contribution is 0.0693. The molecule has 2 fully saturated rings. The highest BCUT2D eigenvalue weighted by Gasteiger charge is 2.21. The van der Waals surface area contributed by atoms with Gasteiger partial charge in [-0.05, 0) is 43.6 Å². The van der Waals surface area contributed by atoms with Crippen LogP contribution in [0.5, 0.6) is 5.75 Å². The predicted molar refractivity (Wildman–Crippen MR) is 107 cm³/mol. The van der Waals surface area contributed by atoms with E-state index >= 15 is 0 Å². The number of aliphatic hydroxyl groups excluding tert-OH is 1. The molecule has 0 bridgehead atoms. The van der Waals surface area contributed by atoms with Crippen molar-refractivity contribution in [3.63, 3.8) is 0 Å². The number of rotatable bonds is 7. The largest absolute Gasteiger partial charge is 0.491 e. The maximum Gasteiger partial charge on any atom is 0.152 e. The Balaban J connectivity index is 1.44. The topological polar surface area (TPSA) is 70.1 Å². The van der Waals surface area contributed by atoms with Crippen molar-refractivity contribution in [3.05, 3.63) is 29.8 Å². The number of hydrogen-bond donors (Lipinski definition) is 1. The SMILES string of the molecule is O=S1(=O)CCN(Cc2cccc(OCC(O)CN3CCCCCC3)c2)CC1. The molecule has 1 aromatic rings. The number of sulfone groups is 1. The Kier molecular flexibility index (Phi) is 7.52. The Morgan fingerprint density at radius 3 is 2.41 bits per heavy atom. The smallest absolute Gasteiger partial charge is 0.152 e. The lowest BCUT2D eigenvalue weighted by Crippen LogP contribution is -2.39. The zero-order chi connectivity index (χ0) is 19.1. The first-order valence-corrected chi connectivity index (χ1v) is 11.9. The van der Waals surface area contributed by atoms with Crippen molar-refractivity contribution in [2.24, 2.45) is 0 Å². The van der Waals surface area contributed by atoms with Crippen molar-refractivity contribution in [1.29, 1.82) is 0 Å². The van der Waals surface area contributed by atoms with Crippen molar-refractivity contribution in [2.45, 2.75) is 38.3 Å². The molecule has 0 radical (unpaired) electrons. The Morgan fingerprint density at radius 2 is 1.70 bits per heavy atom. The Hall–Kier alpha value is -1.15. The van der Waals surface area contributed by atoms with E-state index in [0.717, 1.165) is 30.9 Å². The van der Waals surface area contributed by atoms with Gasteiger partial charge in [0.25, 0.3) is 0 Å². The first-order valence-electron chi connectivity index (χ1n) is 10.1. The van der Waals surface area contributed by atoms with Crippen LogP contribution in [0.2, 0.25) is 0 Å². The molecule has 1 aromatic carbocycles. The van der Waals surface area contributed by atoms with E-state index in [0.29, 0.717) is 26.2 Å². The number of nitrogens with zero attached hydrogens (tertiary/aromatic N) is 2. The molecule has 0 aliphatic carbocycles. The zero-order valence-corrected chi connectivity index (χ0v) is 16.9. The lowest BCUT2D eigenvalue weighted by atomic mass is 10.2. The molecule has 152 valence electrons. The van der Waals surface area contributed by atoms with E-state index in [1.807, 2.05) is 24.3 Å². The molecular weight excluding hydrogens is 364 g/mol. The molecule has 1 unspecified atom stereocenters. The number of likely N-dealkylation sites (tertiary alicyclic amines) is 1. The molecule has 27 heavy (non-hydrogen) atoms. The monoisotopic (exact) mass is 396 g/mol. The summed E-state index contributed by atoms with van der Waals surface area (Å²) in [5.41, 5.74) is 1.11. The van der Waals surface area contributed by atoms with Crippen molar-refractivity contribution < 1.29 is 18.3 Å². The molecule has 6 nitrogen and oxygen atoms in total. The van der Waals surface area contributed by atoms with E-state index in [4.69, 9.17) is 4.74 Å². The first kappa shape index (κ1) is 20.6. The maximum absolute atomic E-state index is 11.5. The highest BCUT2D eigenvalue weighted by atomic mass is 32.2. The van der Waals surface area contributed by atoms with Crippen LogP contribution in [0.3, 0.4) is 0 Å². The molecule has 1 N–H and O–H groups in total. The van der Waals surface area contributed by atoms with Gasteiger partial charge in [-0.15, -0.1) is 0 Å². The fourth-order valence-electron chi connectivity index (χ4n) is 3.76. The Morgan fingerprint density at radius 1 is 1.00 bits per heavy atom. The lowest BCUT2D eigenvalue weighted by Gasteiger charge is -2.26. The fourth-order valence-corrected chi connectivity index (χ4v) is 5.04. The summed E-state index contributed by atoms with van der Waals surface area (Å²) in [6.45, 7) is 4.99. The van der Waals surface area contributed by atoms with E-state index in [9.17, 15) is 13.5 Å². The quantitative estimate of drug-likeness (QED) is 0.754. The number of aliphatic hydroxyl groups is 1. The van der Waals surface area contributed by atoms with E-state index in [2.05, 4.69) is 9.80 Å². The van der Waals surface area contributed by atoms with Gasteiger partial charge in [-0.1, -0.05) is 25.0 Å². The normalized spacial score (nSPS) is 22.9. The van der Waals surface area contributed by atoms with Gasteiger partial charge in [0, 0.05) is 26.2 Å².